The number of hydrogen-bond acceptors (Lipinski definition) is 3. The Labute approximate surface area is 176 Å². The standard InChI is InChI=1S/C22H19BrN2O2S/c23-17-6-8-18(9-7-17)25-22(27)15-28-20-12-10-19(11-13-20)24-21(26)14-16-4-2-1-3-5-16/h1-13H,14-15H2,(H,24,26)(H,25,27). The molecule has 2 amide bonds. The minimum atomic E-state index is -0.0624. The maximum Gasteiger partial charge on any atom is 0.234 e. The van der Waals surface area contributed by atoms with Gasteiger partial charge in [0, 0.05) is 20.7 Å². The van der Waals surface area contributed by atoms with Crippen molar-refractivity contribution in [1.29, 1.82) is 0 Å². The van der Waals surface area contributed by atoms with Gasteiger partial charge in [0.25, 0.3) is 0 Å². The van der Waals surface area contributed by atoms with Crippen molar-refractivity contribution in [3.63, 3.8) is 0 Å². The van der Waals surface area contributed by atoms with Gasteiger partial charge in [-0.3, -0.25) is 9.59 Å². The van der Waals surface area contributed by atoms with Crippen molar-refractivity contribution in [1.82, 2.24) is 0 Å². The lowest BCUT2D eigenvalue weighted by molar-refractivity contribution is -0.115. The Bertz CT molecular complexity index is 929. The second kappa shape index (κ2) is 10.1. The zero-order valence-electron chi connectivity index (χ0n) is 15.0. The maximum atomic E-state index is 12.1. The number of benzene rings is 3. The maximum absolute atomic E-state index is 12.1. The highest BCUT2D eigenvalue weighted by Gasteiger charge is 2.06. The van der Waals surface area contributed by atoms with E-state index in [1.54, 1.807) is 0 Å². The summed E-state index contributed by atoms with van der Waals surface area (Å²) in [7, 11) is 0. The van der Waals surface area contributed by atoms with E-state index in [1.807, 2.05) is 78.9 Å². The van der Waals surface area contributed by atoms with Crippen LogP contribution in [0.5, 0.6) is 0 Å². The van der Waals surface area contributed by atoms with Crippen LogP contribution in [0.3, 0.4) is 0 Å². The first-order valence-corrected chi connectivity index (χ1v) is 10.5. The van der Waals surface area contributed by atoms with Crippen molar-refractivity contribution in [2.24, 2.45) is 0 Å². The Hall–Kier alpha value is -2.57. The molecule has 0 aliphatic heterocycles. The molecule has 4 nitrogen and oxygen atoms in total. The lowest BCUT2D eigenvalue weighted by Crippen LogP contribution is -2.14. The highest BCUT2D eigenvalue weighted by molar-refractivity contribution is 9.10. The number of rotatable bonds is 7. The highest BCUT2D eigenvalue weighted by atomic mass is 79.9. The number of carbonyl (C=O) groups is 2. The molecule has 0 unspecified atom stereocenters. The topological polar surface area (TPSA) is 58.2 Å². The molecule has 0 saturated carbocycles. The summed E-state index contributed by atoms with van der Waals surface area (Å²) in [5.41, 5.74) is 2.49. The quantitative estimate of drug-likeness (QED) is 0.472. The largest absolute Gasteiger partial charge is 0.326 e. The molecule has 3 rings (SSSR count). The zero-order valence-corrected chi connectivity index (χ0v) is 17.4. The first kappa shape index (κ1) is 20.2. The summed E-state index contributed by atoms with van der Waals surface area (Å²) in [5.74, 6) is 0.198. The average Bonchev–Trinajstić information content (AvgIpc) is 2.70. The summed E-state index contributed by atoms with van der Waals surface area (Å²) in [6.45, 7) is 0. The van der Waals surface area contributed by atoms with Gasteiger partial charge >= 0.3 is 0 Å². The summed E-state index contributed by atoms with van der Waals surface area (Å²) in [6.07, 6.45) is 0.341. The van der Waals surface area contributed by atoms with E-state index in [9.17, 15) is 9.59 Å². The second-order valence-electron chi connectivity index (χ2n) is 6.08. The van der Waals surface area contributed by atoms with E-state index in [0.717, 1.165) is 26.3 Å². The zero-order chi connectivity index (χ0) is 19.8. The first-order valence-electron chi connectivity index (χ1n) is 8.70. The van der Waals surface area contributed by atoms with Crippen molar-refractivity contribution in [2.45, 2.75) is 11.3 Å². The summed E-state index contributed by atoms with van der Waals surface area (Å²) in [5, 5.41) is 5.75. The summed E-state index contributed by atoms with van der Waals surface area (Å²) >= 11 is 4.81. The van der Waals surface area contributed by atoms with Gasteiger partial charge in [0.1, 0.15) is 0 Å². The van der Waals surface area contributed by atoms with E-state index in [4.69, 9.17) is 0 Å². The van der Waals surface area contributed by atoms with Gasteiger partial charge in [0.15, 0.2) is 0 Å². The van der Waals surface area contributed by atoms with Gasteiger partial charge in [0.2, 0.25) is 11.8 Å². The fraction of sp³-hybridized carbons (Fsp3) is 0.0909. The molecule has 0 atom stereocenters. The molecular formula is C22H19BrN2O2S. The van der Waals surface area contributed by atoms with Crippen molar-refractivity contribution in [2.75, 3.05) is 16.4 Å². The van der Waals surface area contributed by atoms with Crippen molar-refractivity contribution < 1.29 is 9.59 Å². The molecule has 0 aliphatic rings. The molecule has 3 aromatic rings. The van der Waals surface area contributed by atoms with Gasteiger partial charge < -0.3 is 10.6 Å². The normalized spacial score (nSPS) is 10.3. The Kier molecular flexibility index (Phi) is 7.28. The third kappa shape index (κ3) is 6.55. The predicted octanol–water partition coefficient (Wildman–Crippen LogP) is 5.36. The van der Waals surface area contributed by atoms with Crippen molar-refractivity contribution >= 4 is 50.9 Å². The molecule has 3 aromatic carbocycles. The number of thioether (sulfide) groups is 1. The van der Waals surface area contributed by atoms with Gasteiger partial charge in [-0.05, 0) is 54.1 Å². The van der Waals surface area contributed by atoms with E-state index in [1.165, 1.54) is 11.8 Å². The molecule has 0 heterocycles. The number of anilines is 2. The van der Waals surface area contributed by atoms with Crippen LogP contribution in [0.25, 0.3) is 0 Å². The van der Waals surface area contributed by atoms with E-state index >= 15 is 0 Å². The first-order chi connectivity index (χ1) is 13.6. The van der Waals surface area contributed by atoms with Crippen LogP contribution < -0.4 is 10.6 Å². The van der Waals surface area contributed by atoms with Crippen LogP contribution in [0, 0.1) is 0 Å². The molecule has 0 fully saturated rings. The van der Waals surface area contributed by atoms with Crippen molar-refractivity contribution in [3.8, 4) is 0 Å². The molecule has 6 heteroatoms. The van der Waals surface area contributed by atoms with Crippen LogP contribution in [-0.4, -0.2) is 17.6 Å². The van der Waals surface area contributed by atoms with E-state index in [-0.39, 0.29) is 11.8 Å². The third-order valence-corrected chi connectivity index (χ3v) is 5.38. The molecule has 28 heavy (non-hydrogen) atoms. The molecule has 0 bridgehead atoms. The van der Waals surface area contributed by atoms with Crippen LogP contribution >= 0.6 is 27.7 Å². The Morgan fingerprint density at radius 2 is 1.32 bits per heavy atom. The van der Waals surface area contributed by atoms with Crippen LogP contribution in [0.1, 0.15) is 5.56 Å². The predicted molar refractivity (Wildman–Crippen MR) is 119 cm³/mol. The van der Waals surface area contributed by atoms with E-state index in [2.05, 4.69) is 26.6 Å². The molecule has 0 saturated heterocycles. The Morgan fingerprint density at radius 1 is 0.750 bits per heavy atom. The minimum absolute atomic E-state index is 0.0551. The Morgan fingerprint density at radius 3 is 1.96 bits per heavy atom. The van der Waals surface area contributed by atoms with Gasteiger partial charge in [0.05, 0.1) is 12.2 Å². The number of hydrogen-bond donors (Lipinski definition) is 2. The molecule has 0 aliphatic carbocycles. The van der Waals surface area contributed by atoms with Gasteiger partial charge in [-0.25, -0.2) is 0 Å². The van der Waals surface area contributed by atoms with Crippen LogP contribution in [-0.2, 0) is 16.0 Å². The van der Waals surface area contributed by atoms with E-state index in [0.29, 0.717) is 12.2 Å². The summed E-state index contributed by atoms with van der Waals surface area (Å²) < 4.78 is 0.968. The second-order valence-corrected chi connectivity index (χ2v) is 8.04. The monoisotopic (exact) mass is 454 g/mol. The lowest BCUT2D eigenvalue weighted by Gasteiger charge is -2.07. The lowest BCUT2D eigenvalue weighted by atomic mass is 10.1. The molecule has 2 N–H and O–H groups in total. The summed E-state index contributed by atoms with van der Waals surface area (Å²) in [6, 6.07) is 24.6. The summed E-state index contributed by atoms with van der Waals surface area (Å²) in [4.78, 5) is 25.1. The number of amides is 2. The average molecular weight is 455 g/mol. The number of carbonyl (C=O) groups excluding carboxylic acids is 2. The fourth-order valence-electron chi connectivity index (χ4n) is 2.50. The van der Waals surface area contributed by atoms with Crippen LogP contribution in [0.15, 0.2) is 88.2 Å². The highest BCUT2D eigenvalue weighted by Crippen LogP contribution is 2.21. The molecule has 142 valence electrons. The Balaban J connectivity index is 1.45. The molecule has 0 aromatic heterocycles. The smallest absolute Gasteiger partial charge is 0.234 e. The molecular weight excluding hydrogens is 436 g/mol. The number of halogens is 1. The van der Waals surface area contributed by atoms with E-state index < -0.39 is 0 Å². The SMILES string of the molecule is O=C(CSc1ccc(NC(=O)Cc2ccccc2)cc1)Nc1ccc(Br)cc1. The molecule has 0 spiro atoms. The molecule has 0 radical (unpaired) electrons. The van der Waals surface area contributed by atoms with Gasteiger partial charge in [-0.2, -0.15) is 0 Å². The number of nitrogens with one attached hydrogen (secondary N) is 2. The van der Waals surface area contributed by atoms with Gasteiger partial charge in [-0.15, -0.1) is 11.8 Å². The van der Waals surface area contributed by atoms with Crippen LogP contribution in [0.4, 0.5) is 11.4 Å². The fourth-order valence-corrected chi connectivity index (χ4v) is 3.46. The van der Waals surface area contributed by atoms with Crippen LogP contribution in [0.2, 0.25) is 0 Å². The third-order valence-electron chi connectivity index (χ3n) is 3.84. The van der Waals surface area contributed by atoms with Gasteiger partial charge in [-0.1, -0.05) is 46.3 Å². The minimum Gasteiger partial charge on any atom is -0.326 e. The van der Waals surface area contributed by atoms with Crippen molar-refractivity contribution in [3.05, 3.63) is 88.9 Å².